The number of thioether (sulfide) groups is 1. The van der Waals surface area contributed by atoms with Crippen LogP contribution in [0.4, 0.5) is 0 Å². The molecule has 19 heavy (non-hydrogen) atoms. The SMILES string of the molecule is CCSCCN1CC(C2CCCCC2)NCC1(C)C. The minimum absolute atomic E-state index is 0.333. The molecular formula is C16H32N2S. The molecule has 2 fully saturated rings. The molecule has 0 aromatic heterocycles. The molecule has 1 heterocycles. The molecule has 0 spiro atoms. The first-order valence-corrected chi connectivity index (χ1v) is 9.35. The van der Waals surface area contributed by atoms with Gasteiger partial charge in [0.15, 0.2) is 0 Å². The molecular weight excluding hydrogens is 252 g/mol. The van der Waals surface area contributed by atoms with E-state index in [1.54, 1.807) is 0 Å². The fraction of sp³-hybridized carbons (Fsp3) is 1.00. The molecule has 1 saturated carbocycles. The zero-order valence-electron chi connectivity index (χ0n) is 13.1. The van der Waals surface area contributed by atoms with Gasteiger partial charge in [0.05, 0.1) is 0 Å². The van der Waals surface area contributed by atoms with Gasteiger partial charge in [0.2, 0.25) is 0 Å². The average molecular weight is 285 g/mol. The largest absolute Gasteiger partial charge is 0.311 e. The van der Waals surface area contributed by atoms with Crippen molar-refractivity contribution in [2.45, 2.75) is 64.5 Å². The van der Waals surface area contributed by atoms with Gasteiger partial charge >= 0.3 is 0 Å². The van der Waals surface area contributed by atoms with Crippen LogP contribution in [0.5, 0.6) is 0 Å². The second kappa shape index (κ2) is 7.33. The van der Waals surface area contributed by atoms with E-state index in [2.05, 4.69) is 42.7 Å². The summed E-state index contributed by atoms with van der Waals surface area (Å²) in [6, 6.07) is 0.750. The summed E-state index contributed by atoms with van der Waals surface area (Å²) in [5.41, 5.74) is 0.333. The molecule has 1 unspecified atom stereocenters. The smallest absolute Gasteiger partial charge is 0.0278 e. The van der Waals surface area contributed by atoms with Crippen molar-refractivity contribution in [2.75, 3.05) is 31.1 Å². The van der Waals surface area contributed by atoms with Gasteiger partial charge in [0.25, 0.3) is 0 Å². The molecule has 0 radical (unpaired) electrons. The van der Waals surface area contributed by atoms with Gasteiger partial charge in [-0.1, -0.05) is 26.2 Å². The van der Waals surface area contributed by atoms with Gasteiger partial charge in [0, 0.05) is 37.0 Å². The van der Waals surface area contributed by atoms with Crippen LogP contribution in [-0.2, 0) is 0 Å². The number of nitrogens with one attached hydrogen (secondary N) is 1. The lowest BCUT2D eigenvalue weighted by atomic mass is 9.81. The number of hydrogen-bond acceptors (Lipinski definition) is 3. The molecule has 0 bridgehead atoms. The lowest BCUT2D eigenvalue weighted by Crippen LogP contribution is -2.64. The molecule has 2 rings (SSSR count). The second-order valence-electron chi connectivity index (χ2n) is 6.84. The summed E-state index contributed by atoms with van der Waals surface area (Å²) in [7, 11) is 0. The van der Waals surface area contributed by atoms with E-state index in [0.29, 0.717) is 5.54 Å². The molecule has 1 atom stereocenters. The molecule has 3 heteroatoms. The van der Waals surface area contributed by atoms with Crippen molar-refractivity contribution in [1.82, 2.24) is 10.2 Å². The topological polar surface area (TPSA) is 15.3 Å². The Morgan fingerprint density at radius 3 is 2.63 bits per heavy atom. The molecule has 1 saturated heterocycles. The van der Waals surface area contributed by atoms with Crippen LogP contribution in [-0.4, -0.2) is 47.6 Å². The van der Waals surface area contributed by atoms with Crippen LogP contribution < -0.4 is 5.32 Å². The van der Waals surface area contributed by atoms with Crippen LogP contribution in [0.25, 0.3) is 0 Å². The van der Waals surface area contributed by atoms with Crippen LogP contribution in [0.2, 0.25) is 0 Å². The molecule has 0 aromatic rings. The zero-order chi connectivity index (χ0) is 13.7. The highest BCUT2D eigenvalue weighted by Crippen LogP contribution is 2.30. The van der Waals surface area contributed by atoms with Gasteiger partial charge in [-0.15, -0.1) is 0 Å². The number of rotatable bonds is 5. The normalized spacial score (nSPS) is 29.5. The van der Waals surface area contributed by atoms with Crippen molar-refractivity contribution in [3.05, 3.63) is 0 Å². The second-order valence-corrected chi connectivity index (χ2v) is 8.23. The lowest BCUT2D eigenvalue weighted by molar-refractivity contribution is 0.0498. The minimum atomic E-state index is 0.333. The Morgan fingerprint density at radius 2 is 1.95 bits per heavy atom. The predicted octanol–water partition coefficient (Wildman–Crippen LogP) is 3.37. The Hall–Kier alpha value is 0.270. The Labute approximate surface area is 124 Å². The van der Waals surface area contributed by atoms with Gasteiger partial charge in [0.1, 0.15) is 0 Å². The zero-order valence-corrected chi connectivity index (χ0v) is 13.9. The summed E-state index contributed by atoms with van der Waals surface area (Å²) in [5.74, 6) is 3.47. The maximum Gasteiger partial charge on any atom is 0.0278 e. The summed E-state index contributed by atoms with van der Waals surface area (Å²) < 4.78 is 0. The Bertz CT molecular complexity index is 261. The highest BCUT2D eigenvalue weighted by atomic mass is 32.2. The van der Waals surface area contributed by atoms with E-state index in [-0.39, 0.29) is 0 Å². The highest BCUT2D eigenvalue weighted by Gasteiger charge is 2.36. The van der Waals surface area contributed by atoms with E-state index < -0.39 is 0 Å². The van der Waals surface area contributed by atoms with Crippen molar-refractivity contribution in [3.8, 4) is 0 Å². The molecule has 0 amide bonds. The Kier molecular flexibility index (Phi) is 6.04. The monoisotopic (exact) mass is 284 g/mol. The van der Waals surface area contributed by atoms with Crippen LogP contribution >= 0.6 is 11.8 Å². The molecule has 2 aliphatic rings. The standard InChI is InChI=1S/C16H32N2S/c1-4-19-11-10-18-12-15(17-13-16(18,2)3)14-8-6-5-7-9-14/h14-15,17H,4-13H2,1-3H3. The maximum atomic E-state index is 3.85. The molecule has 1 aliphatic heterocycles. The van der Waals surface area contributed by atoms with Crippen molar-refractivity contribution < 1.29 is 0 Å². The summed E-state index contributed by atoms with van der Waals surface area (Å²) in [6.45, 7) is 10.7. The molecule has 1 aliphatic carbocycles. The average Bonchev–Trinajstić information content (AvgIpc) is 2.42. The van der Waals surface area contributed by atoms with E-state index in [9.17, 15) is 0 Å². The number of nitrogens with zero attached hydrogens (tertiary/aromatic N) is 1. The summed E-state index contributed by atoms with van der Waals surface area (Å²) in [6.07, 6.45) is 7.28. The maximum absolute atomic E-state index is 3.85. The summed E-state index contributed by atoms with van der Waals surface area (Å²) in [4.78, 5) is 2.74. The predicted molar refractivity (Wildman–Crippen MR) is 87.0 cm³/mol. The van der Waals surface area contributed by atoms with Gasteiger partial charge in [-0.05, 0) is 38.4 Å². The number of piperazine rings is 1. The van der Waals surface area contributed by atoms with Crippen LogP contribution in [0, 0.1) is 5.92 Å². The molecule has 2 nitrogen and oxygen atoms in total. The third-order valence-corrected chi connectivity index (χ3v) is 5.88. The van der Waals surface area contributed by atoms with E-state index >= 15 is 0 Å². The third kappa shape index (κ3) is 4.37. The van der Waals surface area contributed by atoms with Gasteiger partial charge in [-0.3, -0.25) is 4.90 Å². The Morgan fingerprint density at radius 1 is 1.21 bits per heavy atom. The molecule has 112 valence electrons. The quantitative estimate of drug-likeness (QED) is 0.779. The summed E-state index contributed by atoms with van der Waals surface area (Å²) in [5, 5.41) is 3.85. The minimum Gasteiger partial charge on any atom is -0.311 e. The highest BCUT2D eigenvalue weighted by molar-refractivity contribution is 7.99. The van der Waals surface area contributed by atoms with Gasteiger partial charge in [-0.2, -0.15) is 11.8 Å². The van der Waals surface area contributed by atoms with Crippen molar-refractivity contribution in [2.24, 2.45) is 5.92 Å². The van der Waals surface area contributed by atoms with Crippen molar-refractivity contribution in [3.63, 3.8) is 0 Å². The summed E-state index contributed by atoms with van der Waals surface area (Å²) >= 11 is 2.08. The lowest BCUT2D eigenvalue weighted by Gasteiger charge is -2.48. The molecule has 0 aromatic carbocycles. The fourth-order valence-corrected chi connectivity index (χ4v) is 4.25. The van der Waals surface area contributed by atoms with Gasteiger partial charge in [-0.25, -0.2) is 0 Å². The molecule has 1 N–H and O–H groups in total. The van der Waals surface area contributed by atoms with E-state index in [0.717, 1.165) is 18.5 Å². The first kappa shape index (κ1) is 15.7. The van der Waals surface area contributed by atoms with E-state index in [4.69, 9.17) is 0 Å². The Balaban J connectivity index is 1.87. The van der Waals surface area contributed by atoms with E-state index in [1.165, 1.54) is 56.7 Å². The first-order valence-electron chi connectivity index (χ1n) is 8.19. The third-order valence-electron chi connectivity index (χ3n) is 5.00. The van der Waals surface area contributed by atoms with E-state index in [1.807, 2.05) is 0 Å². The van der Waals surface area contributed by atoms with Crippen molar-refractivity contribution in [1.29, 1.82) is 0 Å². The fourth-order valence-electron chi connectivity index (χ4n) is 3.61. The first-order chi connectivity index (χ1) is 9.13. The van der Waals surface area contributed by atoms with Crippen LogP contribution in [0.3, 0.4) is 0 Å². The number of hydrogen-bond donors (Lipinski definition) is 1. The van der Waals surface area contributed by atoms with Crippen LogP contribution in [0.15, 0.2) is 0 Å². The van der Waals surface area contributed by atoms with Crippen LogP contribution in [0.1, 0.15) is 52.9 Å². The van der Waals surface area contributed by atoms with Crippen molar-refractivity contribution >= 4 is 11.8 Å². The van der Waals surface area contributed by atoms with Gasteiger partial charge < -0.3 is 5.32 Å².